The van der Waals surface area contributed by atoms with Crippen molar-refractivity contribution in [2.45, 2.75) is 13.0 Å². The fourth-order valence-corrected chi connectivity index (χ4v) is 3.46. The van der Waals surface area contributed by atoms with Gasteiger partial charge in [-0.25, -0.2) is 0 Å². The Hall–Kier alpha value is -1.65. The number of ether oxygens (including phenoxy) is 1. The molecule has 8 heteroatoms. The molecule has 1 saturated heterocycles. The minimum atomic E-state index is 0.724. The van der Waals surface area contributed by atoms with Gasteiger partial charge in [0.1, 0.15) is 11.4 Å². The molecular formula is C20H28IN5O2. The van der Waals surface area contributed by atoms with Crippen molar-refractivity contribution in [1.82, 2.24) is 20.0 Å². The molecule has 0 N–H and O–H groups in total. The van der Waals surface area contributed by atoms with Crippen molar-refractivity contribution >= 4 is 26.8 Å². The van der Waals surface area contributed by atoms with E-state index in [2.05, 4.69) is 61.8 Å². The molecule has 0 unspecified atom stereocenters. The minimum Gasteiger partial charge on any atom is -0.494 e. The van der Waals surface area contributed by atoms with Crippen LogP contribution in [0.4, 0.5) is 0 Å². The molecule has 0 spiro atoms. The Bertz CT molecular complexity index is 739. The summed E-state index contributed by atoms with van der Waals surface area (Å²) in [6.07, 6.45) is 1.01. The Balaban J connectivity index is 1.48. The average molecular weight is 497 g/mol. The molecule has 1 aliphatic rings. The predicted molar refractivity (Wildman–Crippen MR) is 120 cm³/mol. The van der Waals surface area contributed by atoms with Gasteiger partial charge in [-0.15, -0.1) is 0 Å². The molecular weight excluding hydrogens is 469 g/mol. The van der Waals surface area contributed by atoms with E-state index in [1.165, 1.54) is 0 Å². The average Bonchev–Trinajstić information content (AvgIpc) is 3.16. The van der Waals surface area contributed by atoms with Gasteiger partial charge in [0.25, 0.3) is 0 Å². The topological polar surface area (TPSA) is 57.3 Å². The van der Waals surface area contributed by atoms with Crippen LogP contribution in [0.1, 0.15) is 12.2 Å². The van der Waals surface area contributed by atoms with Gasteiger partial charge in [-0.05, 0) is 67.4 Å². The van der Waals surface area contributed by atoms with Crippen molar-refractivity contribution < 1.29 is 9.26 Å². The highest BCUT2D eigenvalue weighted by atomic mass is 127. The first-order valence-electron chi connectivity index (χ1n) is 9.57. The van der Waals surface area contributed by atoms with E-state index in [-0.39, 0.29) is 0 Å². The van der Waals surface area contributed by atoms with Crippen LogP contribution in [0.3, 0.4) is 0 Å². The Morgan fingerprint density at radius 1 is 1.21 bits per heavy atom. The quantitative estimate of drug-likeness (QED) is 0.302. The summed E-state index contributed by atoms with van der Waals surface area (Å²) in [6, 6.07) is 10.1. The second kappa shape index (κ2) is 10.8. The molecule has 1 aliphatic heterocycles. The van der Waals surface area contributed by atoms with Crippen molar-refractivity contribution in [2.24, 2.45) is 5.10 Å². The first-order chi connectivity index (χ1) is 13.6. The van der Waals surface area contributed by atoms with E-state index in [1.807, 2.05) is 34.6 Å². The third-order valence-electron chi connectivity index (χ3n) is 4.66. The third kappa shape index (κ3) is 6.46. The molecule has 3 rings (SSSR count). The van der Waals surface area contributed by atoms with Crippen molar-refractivity contribution in [1.29, 1.82) is 0 Å². The zero-order chi connectivity index (χ0) is 19.8. The molecule has 1 aromatic heterocycles. The Kier molecular flexibility index (Phi) is 8.11. The first kappa shape index (κ1) is 21.1. The molecule has 28 heavy (non-hydrogen) atoms. The number of hydrogen-bond acceptors (Lipinski definition) is 7. The summed E-state index contributed by atoms with van der Waals surface area (Å²) in [7, 11) is 4.14. The van der Waals surface area contributed by atoms with E-state index in [0.29, 0.717) is 0 Å². The maximum absolute atomic E-state index is 5.79. The maximum Gasteiger partial charge on any atom is 0.151 e. The molecule has 1 fully saturated rings. The van der Waals surface area contributed by atoms with E-state index in [1.54, 1.807) is 0 Å². The molecule has 0 bridgehead atoms. The zero-order valence-corrected chi connectivity index (χ0v) is 18.7. The highest BCUT2D eigenvalue weighted by molar-refractivity contribution is 14.1. The summed E-state index contributed by atoms with van der Waals surface area (Å²) < 4.78 is 13.2. The smallest absolute Gasteiger partial charge is 0.151 e. The molecule has 0 radical (unpaired) electrons. The van der Waals surface area contributed by atoms with Crippen LogP contribution >= 0.6 is 22.6 Å². The summed E-state index contributed by atoms with van der Waals surface area (Å²) in [4.78, 5) is 4.53. The molecule has 2 heterocycles. The monoisotopic (exact) mass is 497 g/mol. The van der Waals surface area contributed by atoms with Crippen molar-refractivity contribution in [2.75, 3.05) is 53.4 Å². The first-order valence-corrected chi connectivity index (χ1v) is 10.8. The van der Waals surface area contributed by atoms with Gasteiger partial charge >= 0.3 is 0 Å². The number of piperazine rings is 1. The molecule has 7 nitrogen and oxygen atoms in total. The van der Waals surface area contributed by atoms with Crippen LogP contribution < -0.4 is 4.74 Å². The predicted octanol–water partition coefficient (Wildman–Crippen LogP) is 3.17. The van der Waals surface area contributed by atoms with Crippen molar-refractivity contribution in [3.63, 3.8) is 0 Å². The van der Waals surface area contributed by atoms with Crippen molar-refractivity contribution in [3.8, 4) is 17.0 Å². The SMILES string of the molecule is CN(C)CCCOc1ccc(-c2cc(CN3CCN(/N=C/I)CC3)on2)cc1. The van der Waals surface area contributed by atoms with Gasteiger partial charge in [0.2, 0.25) is 0 Å². The molecule has 2 aromatic rings. The molecule has 1 aromatic carbocycles. The number of nitrogens with zero attached hydrogens (tertiary/aromatic N) is 5. The highest BCUT2D eigenvalue weighted by Crippen LogP contribution is 2.23. The van der Waals surface area contributed by atoms with Crippen LogP contribution in [0.15, 0.2) is 40.0 Å². The van der Waals surface area contributed by atoms with E-state index >= 15 is 0 Å². The summed E-state index contributed by atoms with van der Waals surface area (Å²) in [5, 5.41) is 10.7. The molecule has 0 saturated carbocycles. The maximum atomic E-state index is 5.79. The Morgan fingerprint density at radius 2 is 1.96 bits per heavy atom. The van der Waals surface area contributed by atoms with Crippen LogP contribution in [0.2, 0.25) is 0 Å². The molecule has 0 amide bonds. The summed E-state index contributed by atoms with van der Waals surface area (Å²) in [5.41, 5.74) is 1.90. The lowest BCUT2D eigenvalue weighted by atomic mass is 10.1. The lowest BCUT2D eigenvalue weighted by Crippen LogP contribution is -2.43. The number of rotatable bonds is 9. The highest BCUT2D eigenvalue weighted by Gasteiger charge is 2.17. The van der Waals surface area contributed by atoms with Crippen LogP contribution in [0.5, 0.6) is 5.75 Å². The van der Waals surface area contributed by atoms with Gasteiger partial charge in [0.05, 0.1) is 17.4 Å². The molecule has 0 atom stereocenters. The Morgan fingerprint density at radius 3 is 2.64 bits per heavy atom. The van der Waals surface area contributed by atoms with Crippen LogP contribution in [0.25, 0.3) is 11.3 Å². The minimum absolute atomic E-state index is 0.724. The fourth-order valence-electron chi connectivity index (χ4n) is 3.11. The van der Waals surface area contributed by atoms with Gasteiger partial charge in [0.15, 0.2) is 5.76 Å². The number of hydrogen-bond donors (Lipinski definition) is 0. The summed E-state index contributed by atoms with van der Waals surface area (Å²) in [6.45, 7) is 6.37. The largest absolute Gasteiger partial charge is 0.494 e. The van der Waals surface area contributed by atoms with Gasteiger partial charge in [-0.3, -0.25) is 9.91 Å². The number of hydrazone groups is 1. The second-order valence-corrected chi connectivity index (χ2v) is 7.71. The van der Waals surface area contributed by atoms with E-state index in [0.717, 1.165) is 75.1 Å². The lowest BCUT2D eigenvalue weighted by Gasteiger charge is -2.32. The lowest BCUT2D eigenvalue weighted by molar-refractivity contribution is 0.122. The number of aromatic nitrogens is 1. The number of halogens is 1. The van der Waals surface area contributed by atoms with Gasteiger partial charge in [0, 0.05) is 44.4 Å². The third-order valence-corrected chi connectivity index (χ3v) is 4.91. The van der Waals surface area contributed by atoms with Crippen LogP contribution in [0, 0.1) is 0 Å². The van der Waals surface area contributed by atoms with E-state index < -0.39 is 0 Å². The van der Waals surface area contributed by atoms with Crippen LogP contribution in [-0.2, 0) is 6.54 Å². The number of benzene rings is 1. The van der Waals surface area contributed by atoms with Crippen molar-refractivity contribution in [3.05, 3.63) is 36.1 Å². The molecule has 152 valence electrons. The van der Waals surface area contributed by atoms with E-state index in [4.69, 9.17) is 9.26 Å². The van der Waals surface area contributed by atoms with Gasteiger partial charge in [-0.1, -0.05) is 5.16 Å². The fraction of sp³-hybridized carbons (Fsp3) is 0.500. The van der Waals surface area contributed by atoms with Gasteiger partial charge < -0.3 is 14.2 Å². The van der Waals surface area contributed by atoms with E-state index in [9.17, 15) is 0 Å². The normalized spacial score (nSPS) is 15.6. The standard InChI is InChI=1S/C20H28IN5O2/c1-24(2)8-3-13-27-18-6-4-17(5-7-18)20-14-19(28-23-20)15-25-9-11-26(12-10-25)22-16-21/h4-7,14,16H,3,8-13,15H2,1-2H3/b22-16+. The van der Waals surface area contributed by atoms with Crippen LogP contribution in [-0.4, -0.2) is 77.6 Å². The summed E-state index contributed by atoms with van der Waals surface area (Å²) in [5.74, 6) is 1.78. The Labute approximate surface area is 180 Å². The van der Waals surface area contributed by atoms with Gasteiger partial charge in [-0.2, -0.15) is 5.10 Å². The molecule has 0 aliphatic carbocycles. The second-order valence-electron chi connectivity index (χ2n) is 7.15. The zero-order valence-electron chi connectivity index (χ0n) is 16.6. The summed E-state index contributed by atoms with van der Waals surface area (Å²) >= 11 is 2.15.